The highest BCUT2D eigenvalue weighted by atomic mass is 32.2. The van der Waals surface area contributed by atoms with Crippen LogP contribution in [0.1, 0.15) is 16.7 Å². The Kier molecular flexibility index (Phi) is 5.03. The summed E-state index contributed by atoms with van der Waals surface area (Å²) in [5.74, 6) is 0.280. The number of hydrogen-bond donors (Lipinski definition) is 5. The Hall–Kier alpha value is -2.03. The molecule has 30 heavy (non-hydrogen) atoms. The number of nitrogens with two attached hydrogens (primary N) is 1. The van der Waals surface area contributed by atoms with Crippen molar-refractivity contribution in [3.63, 3.8) is 0 Å². The van der Waals surface area contributed by atoms with Gasteiger partial charge in [0.05, 0.1) is 11.6 Å². The molecule has 2 aromatic carbocycles. The number of β-amino-alcohol motifs (C(OH)–C–C–N with tert-alkyl or cyclic N) is 1. The van der Waals surface area contributed by atoms with Crippen molar-refractivity contribution >= 4 is 17.6 Å². The highest BCUT2D eigenvalue weighted by molar-refractivity contribution is 7.97. The van der Waals surface area contributed by atoms with Crippen molar-refractivity contribution in [1.29, 1.82) is 0 Å². The van der Waals surface area contributed by atoms with Gasteiger partial charge in [-0.2, -0.15) is 0 Å². The minimum Gasteiger partial charge on any atom is -0.495 e. The molecule has 1 saturated heterocycles. The third-order valence-electron chi connectivity index (χ3n) is 6.66. The van der Waals surface area contributed by atoms with Gasteiger partial charge in [-0.25, -0.2) is 0 Å². The van der Waals surface area contributed by atoms with E-state index in [1.807, 2.05) is 12.1 Å². The lowest BCUT2D eigenvalue weighted by Gasteiger charge is -2.48. The molecule has 3 aliphatic rings. The topological polar surface area (TPSA) is 93.8 Å². The zero-order valence-corrected chi connectivity index (χ0v) is 17.8. The molecular formula is C23H28N4O2S. The number of fused-ring (bicyclic) bond motifs is 2. The molecule has 0 aromatic heterocycles. The summed E-state index contributed by atoms with van der Waals surface area (Å²) in [6, 6.07) is 14.4. The molecule has 4 atom stereocenters. The van der Waals surface area contributed by atoms with Crippen molar-refractivity contribution in [2.75, 3.05) is 25.0 Å². The van der Waals surface area contributed by atoms with E-state index in [1.54, 1.807) is 11.9 Å². The third kappa shape index (κ3) is 3.21. The summed E-state index contributed by atoms with van der Waals surface area (Å²) in [7, 11) is 0. The maximum absolute atomic E-state index is 10.8. The molecule has 2 unspecified atom stereocenters. The summed E-state index contributed by atoms with van der Waals surface area (Å²) in [6.45, 7) is 3.90. The van der Waals surface area contributed by atoms with Gasteiger partial charge in [0.25, 0.3) is 0 Å². The van der Waals surface area contributed by atoms with Gasteiger partial charge in [-0.1, -0.05) is 35.9 Å². The Morgan fingerprint density at radius 3 is 2.83 bits per heavy atom. The predicted molar refractivity (Wildman–Crippen MR) is 120 cm³/mol. The van der Waals surface area contributed by atoms with Crippen LogP contribution in [0.15, 0.2) is 59.3 Å². The highest BCUT2D eigenvalue weighted by Gasteiger charge is 2.51. The maximum Gasteiger partial charge on any atom is 0.186 e. The average Bonchev–Trinajstić information content (AvgIpc) is 2.94. The van der Waals surface area contributed by atoms with E-state index in [9.17, 15) is 10.2 Å². The summed E-state index contributed by atoms with van der Waals surface area (Å²) < 4.78 is 3.55. The van der Waals surface area contributed by atoms with Gasteiger partial charge in [-0.05, 0) is 43.0 Å². The average molecular weight is 425 g/mol. The zero-order valence-electron chi connectivity index (χ0n) is 17.0. The molecule has 1 fully saturated rings. The summed E-state index contributed by atoms with van der Waals surface area (Å²) in [5, 5.41) is 24.4. The van der Waals surface area contributed by atoms with Crippen molar-refractivity contribution in [2.45, 2.75) is 35.9 Å². The van der Waals surface area contributed by atoms with Gasteiger partial charge >= 0.3 is 0 Å². The van der Waals surface area contributed by atoms with Gasteiger partial charge in [0, 0.05) is 53.8 Å². The number of aliphatic hydroxyl groups excluding tert-OH is 2. The van der Waals surface area contributed by atoms with Gasteiger partial charge < -0.3 is 21.3 Å². The Balaban J connectivity index is 1.69. The number of nitrogens with zero attached hydrogens (tertiary/aromatic N) is 1. The molecule has 0 aliphatic carbocycles. The van der Waals surface area contributed by atoms with E-state index in [0.717, 1.165) is 29.8 Å². The van der Waals surface area contributed by atoms with Crippen LogP contribution in [-0.2, 0) is 12.0 Å². The second-order valence-electron chi connectivity index (χ2n) is 8.62. The molecule has 2 aromatic rings. The number of benzene rings is 2. The quantitative estimate of drug-likeness (QED) is 0.473. The van der Waals surface area contributed by atoms with Crippen LogP contribution in [0.2, 0.25) is 0 Å². The molecule has 6 N–H and O–H groups in total. The van der Waals surface area contributed by atoms with E-state index in [2.05, 4.69) is 58.3 Å². The number of rotatable bonds is 2. The second kappa shape index (κ2) is 7.59. The van der Waals surface area contributed by atoms with Crippen LogP contribution >= 0.6 is 11.9 Å². The van der Waals surface area contributed by atoms with Crippen LogP contribution in [0.4, 0.5) is 5.69 Å². The fraction of sp³-hybridized carbons (Fsp3) is 0.391. The van der Waals surface area contributed by atoms with E-state index >= 15 is 0 Å². The molecule has 0 radical (unpaired) electrons. The maximum atomic E-state index is 10.8. The molecule has 0 spiro atoms. The van der Waals surface area contributed by atoms with Gasteiger partial charge in [-0.3, -0.25) is 9.62 Å². The van der Waals surface area contributed by atoms with Crippen LogP contribution in [-0.4, -0.2) is 46.9 Å². The van der Waals surface area contributed by atoms with Crippen LogP contribution in [0.5, 0.6) is 0 Å². The molecule has 6 nitrogen and oxygen atoms in total. The summed E-state index contributed by atoms with van der Waals surface area (Å²) in [4.78, 5) is 3.50. The number of nitrogens with one attached hydrogen (secondary N) is 2. The standard InChI is InChI=1S/C23H28N4O2S/c1-14-6-7-19-17(8-14)23(10-22(29)26-19,27-12-18(24)20(28)13-27)16-9-15-4-2-3-5-21(15)30-25-11-16/h2-8,10,16,18,20,25-26,28-29H,9,11-13,24H2,1H3/t16?,18-,20-,23?/m0/s1. The predicted octanol–water partition coefficient (Wildman–Crippen LogP) is 2.49. The van der Waals surface area contributed by atoms with Crippen LogP contribution in [0.25, 0.3) is 0 Å². The minimum atomic E-state index is -0.587. The molecule has 0 saturated carbocycles. The Labute approximate surface area is 181 Å². The van der Waals surface area contributed by atoms with Crippen molar-refractivity contribution in [1.82, 2.24) is 9.62 Å². The molecule has 158 valence electrons. The van der Waals surface area contributed by atoms with Crippen molar-refractivity contribution < 1.29 is 10.2 Å². The van der Waals surface area contributed by atoms with Gasteiger partial charge in [0.15, 0.2) is 5.88 Å². The van der Waals surface area contributed by atoms with E-state index in [0.29, 0.717) is 13.1 Å². The SMILES string of the molecule is Cc1ccc2c(c1)C(C1CNSc3ccccc3C1)(N1C[C@H](N)[C@@H](O)C1)C=C(O)N2. The second-order valence-corrected chi connectivity index (χ2v) is 9.56. The highest BCUT2D eigenvalue weighted by Crippen LogP contribution is 2.48. The molecule has 3 heterocycles. The normalized spacial score (nSPS) is 31.3. The molecule has 0 amide bonds. The summed E-state index contributed by atoms with van der Waals surface area (Å²) >= 11 is 1.66. The zero-order chi connectivity index (χ0) is 20.9. The lowest BCUT2D eigenvalue weighted by Crippen LogP contribution is -2.54. The minimum absolute atomic E-state index is 0.135. The fourth-order valence-electron chi connectivity index (χ4n) is 5.17. The van der Waals surface area contributed by atoms with E-state index in [-0.39, 0.29) is 17.8 Å². The number of hydrogen-bond acceptors (Lipinski definition) is 7. The summed E-state index contributed by atoms with van der Waals surface area (Å²) in [5.41, 5.74) is 10.1. The summed E-state index contributed by atoms with van der Waals surface area (Å²) in [6.07, 6.45) is 2.21. The lowest BCUT2D eigenvalue weighted by molar-refractivity contribution is 0.0737. The first-order valence-electron chi connectivity index (χ1n) is 10.4. The van der Waals surface area contributed by atoms with Gasteiger partial charge in [-0.15, -0.1) is 0 Å². The number of aryl methyl sites for hydroxylation is 1. The smallest absolute Gasteiger partial charge is 0.186 e. The van der Waals surface area contributed by atoms with Gasteiger partial charge in [0.1, 0.15) is 0 Å². The van der Waals surface area contributed by atoms with Gasteiger partial charge in [0.2, 0.25) is 0 Å². The molecular weight excluding hydrogens is 396 g/mol. The molecule has 5 rings (SSSR count). The number of aliphatic hydroxyl groups is 2. The van der Waals surface area contributed by atoms with Crippen LogP contribution < -0.4 is 15.8 Å². The fourth-order valence-corrected chi connectivity index (χ4v) is 6.04. The van der Waals surface area contributed by atoms with Crippen LogP contribution in [0, 0.1) is 12.8 Å². The molecule has 0 bridgehead atoms. The van der Waals surface area contributed by atoms with E-state index in [1.165, 1.54) is 10.5 Å². The van der Waals surface area contributed by atoms with E-state index in [4.69, 9.17) is 5.73 Å². The Bertz CT molecular complexity index is 987. The molecule has 3 aliphatic heterocycles. The first kappa shape index (κ1) is 19.9. The van der Waals surface area contributed by atoms with Crippen molar-refractivity contribution in [2.24, 2.45) is 11.7 Å². The van der Waals surface area contributed by atoms with Crippen molar-refractivity contribution in [3.8, 4) is 0 Å². The van der Waals surface area contributed by atoms with Crippen LogP contribution in [0.3, 0.4) is 0 Å². The first-order valence-corrected chi connectivity index (χ1v) is 11.3. The third-order valence-corrected chi connectivity index (χ3v) is 7.58. The monoisotopic (exact) mass is 424 g/mol. The first-order chi connectivity index (χ1) is 14.5. The Morgan fingerprint density at radius 2 is 2.03 bits per heavy atom. The Morgan fingerprint density at radius 1 is 1.20 bits per heavy atom. The number of likely N-dealkylation sites (tertiary alicyclic amines) is 1. The van der Waals surface area contributed by atoms with E-state index < -0.39 is 11.6 Å². The number of anilines is 1. The lowest BCUT2D eigenvalue weighted by atomic mass is 9.71. The largest absolute Gasteiger partial charge is 0.495 e. The van der Waals surface area contributed by atoms with Crippen molar-refractivity contribution in [3.05, 3.63) is 71.1 Å². The molecule has 7 heteroatoms.